The van der Waals surface area contributed by atoms with E-state index in [9.17, 15) is 9.18 Å². The highest BCUT2D eigenvalue weighted by Gasteiger charge is 2.17. The van der Waals surface area contributed by atoms with Gasteiger partial charge in [-0.3, -0.25) is 9.48 Å². The predicted molar refractivity (Wildman–Crippen MR) is 88.9 cm³/mol. The average Bonchev–Trinajstić information content (AvgIpc) is 3.21. The van der Waals surface area contributed by atoms with Crippen molar-refractivity contribution in [2.75, 3.05) is 6.54 Å². The first kappa shape index (κ1) is 16.2. The summed E-state index contributed by atoms with van der Waals surface area (Å²) in [6.45, 7) is 2.52. The number of nitrogens with zero attached hydrogens (tertiary/aromatic N) is 3. The number of aryl methyl sites for hydroxylation is 1. The van der Waals surface area contributed by atoms with Crippen molar-refractivity contribution in [3.8, 4) is 0 Å². The van der Waals surface area contributed by atoms with Crippen LogP contribution in [0.1, 0.15) is 31.6 Å². The number of benzene rings is 1. The molecule has 0 aliphatic rings. The average molecular weight is 329 g/mol. The summed E-state index contributed by atoms with van der Waals surface area (Å²) in [5.41, 5.74) is 1.44. The third kappa shape index (κ3) is 3.61. The highest BCUT2D eigenvalue weighted by molar-refractivity contribution is 5.80. The fourth-order valence-electron chi connectivity index (χ4n) is 2.70. The smallest absolute Gasteiger partial charge is 0.244 e. The summed E-state index contributed by atoms with van der Waals surface area (Å²) < 4.78 is 14.8. The molecule has 0 radical (unpaired) electrons. The Bertz CT molecular complexity index is 812. The monoisotopic (exact) mass is 329 g/mol. The van der Waals surface area contributed by atoms with E-state index < -0.39 is 0 Å². The molecule has 0 aliphatic carbocycles. The van der Waals surface area contributed by atoms with Gasteiger partial charge >= 0.3 is 0 Å². The van der Waals surface area contributed by atoms with Crippen molar-refractivity contribution in [1.29, 1.82) is 0 Å². The molecule has 3 rings (SSSR count). The summed E-state index contributed by atoms with van der Waals surface area (Å²) in [4.78, 5) is 19.7. The minimum absolute atomic E-state index is 0.0344. The van der Waals surface area contributed by atoms with Crippen LogP contribution in [-0.2, 0) is 11.2 Å². The lowest BCUT2D eigenvalue weighted by Crippen LogP contribution is -2.33. The number of nitrogens with one attached hydrogen (secondary N) is 2. The fourth-order valence-corrected chi connectivity index (χ4v) is 2.70. The van der Waals surface area contributed by atoms with Gasteiger partial charge in [0, 0.05) is 25.4 Å². The summed E-state index contributed by atoms with van der Waals surface area (Å²) >= 11 is 0. The van der Waals surface area contributed by atoms with E-state index in [1.807, 2.05) is 6.92 Å². The lowest BCUT2D eigenvalue weighted by Gasteiger charge is -2.15. The van der Waals surface area contributed by atoms with E-state index >= 15 is 0 Å². The molecule has 126 valence electrons. The van der Waals surface area contributed by atoms with Gasteiger partial charge in [-0.2, -0.15) is 5.10 Å². The van der Waals surface area contributed by atoms with Gasteiger partial charge in [0.1, 0.15) is 17.7 Å². The Morgan fingerprint density at radius 3 is 3.08 bits per heavy atom. The van der Waals surface area contributed by atoms with Crippen LogP contribution in [0.15, 0.2) is 36.7 Å². The number of hydrogen-bond acceptors (Lipinski definition) is 3. The van der Waals surface area contributed by atoms with Crippen LogP contribution in [0.2, 0.25) is 0 Å². The lowest BCUT2D eigenvalue weighted by atomic mass is 10.2. The quantitative estimate of drug-likeness (QED) is 0.654. The molecule has 1 amide bonds. The molecule has 0 bridgehead atoms. The van der Waals surface area contributed by atoms with Gasteiger partial charge in [0.2, 0.25) is 5.91 Å². The first-order valence-corrected chi connectivity index (χ1v) is 8.08. The molecule has 2 aromatic heterocycles. The van der Waals surface area contributed by atoms with Crippen LogP contribution in [0.3, 0.4) is 0 Å². The standard InChI is InChI=1S/C17H20FN5O/c1-2-15(23-10-4-9-20-23)17(24)19-8-3-5-16-21-13-7-6-12(18)11-14(13)22-16/h4,6-7,9-11,15H,2-3,5,8H2,1H3,(H,19,24)(H,21,22)/t15-/m0/s1. The van der Waals surface area contributed by atoms with Crippen LogP contribution >= 0.6 is 0 Å². The van der Waals surface area contributed by atoms with Crippen molar-refractivity contribution >= 4 is 16.9 Å². The largest absolute Gasteiger partial charge is 0.354 e. The van der Waals surface area contributed by atoms with Crippen molar-refractivity contribution in [3.63, 3.8) is 0 Å². The summed E-state index contributed by atoms with van der Waals surface area (Å²) in [6, 6.07) is 6.01. The molecule has 0 aliphatic heterocycles. The molecule has 0 saturated heterocycles. The number of halogens is 1. The number of carbonyl (C=O) groups is 1. The Labute approximate surface area is 139 Å². The van der Waals surface area contributed by atoms with Gasteiger partial charge in [0.05, 0.1) is 11.0 Å². The Balaban J connectivity index is 1.50. The molecule has 0 fully saturated rings. The second-order valence-electron chi connectivity index (χ2n) is 5.65. The van der Waals surface area contributed by atoms with Crippen molar-refractivity contribution in [1.82, 2.24) is 25.1 Å². The summed E-state index contributed by atoms with van der Waals surface area (Å²) in [5.74, 6) is 0.478. The second-order valence-corrected chi connectivity index (χ2v) is 5.65. The van der Waals surface area contributed by atoms with Gasteiger partial charge in [-0.1, -0.05) is 6.92 Å². The van der Waals surface area contributed by atoms with Crippen LogP contribution in [0, 0.1) is 5.82 Å². The summed E-state index contributed by atoms with van der Waals surface area (Å²) in [5, 5.41) is 7.06. The summed E-state index contributed by atoms with van der Waals surface area (Å²) in [6.07, 6.45) is 5.59. The molecule has 2 heterocycles. The Hall–Kier alpha value is -2.70. The number of rotatable bonds is 7. The zero-order chi connectivity index (χ0) is 16.9. The molecule has 1 aromatic carbocycles. The molecular formula is C17H20FN5O. The highest BCUT2D eigenvalue weighted by Crippen LogP contribution is 2.14. The zero-order valence-electron chi connectivity index (χ0n) is 13.5. The van der Waals surface area contributed by atoms with Gasteiger partial charge in [0.15, 0.2) is 0 Å². The van der Waals surface area contributed by atoms with Crippen LogP contribution < -0.4 is 5.32 Å². The maximum Gasteiger partial charge on any atom is 0.244 e. The van der Waals surface area contributed by atoms with E-state index in [1.165, 1.54) is 12.1 Å². The molecule has 3 aromatic rings. The number of imidazole rings is 1. The maximum absolute atomic E-state index is 13.2. The SMILES string of the molecule is CC[C@@H](C(=O)NCCCc1nc2ccc(F)cc2[nH]1)n1cccn1. The number of amides is 1. The molecular weight excluding hydrogens is 309 g/mol. The number of H-pyrrole nitrogens is 1. The minimum Gasteiger partial charge on any atom is -0.354 e. The van der Waals surface area contributed by atoms with E-state index in [1.54, 1.807) is 29.2 Å². The third-order valence-electron chi connectivity index (χ3n) is 3.92. The fraction of sp³-hybridized carbons (Fsp3) is 0.353. The molecule has 0 unspecified atom stereocenters. The number of fused-ring (bicyclic) bond motifs is 1. The van der Waals surface area contributed by atoms with Crippen LogP contribution in [0.4, 0.5) is 4.39 Å². The maximum atomic E-state index is 13.2. The molecule has 7 heteroatoms. The van der Waals surface area contributed by atoms with Crippen molar-refractivity contribution in [2.24, 2.45) is 0 Å². The molecule has 2 N–H and O–H groups in total. The van der Waals surface area contributed by atoms with Gasteiger partial charge < -0.3 is 10.3 Å². The number of carbonyl (C=O) groups excluding carboxylic acids is 1. The van der Waals surface area contributed by atoms with E-state index in [4.69, 9.17) is 0 Å². The second kappa shape index (κ2) is 7.25. The summed E-state index contributed by atoms with van der Waals surface area (Å²) in [7, 11) is 0. The van der Waals surface area contributed by atoms with E-state index in [0.717, 1.165) is 17.8 Å². The third-order valence-corrected chi connectivity index (χ3v) is 3.92. The predicted octanol–water partition coefficient (Wildman–Crippen LogP) is 2.60. The van der Waals surface area contributed by atoms with Crippen LogP contribution in [0.5, 0.6) is 0 Å². The first-order chi connectivity index (χ1) is 11.7. The zero-order valence-corrected chi connectivity index (χ0v) is 13.5. The first-order valence-electron chi connectivity index (χ1n) is 8.08. The van der Waals surface area contributed by atoms with Crippen molar-refractivity contribution in [2.45, 2.75) is 32.2 Å². The van der Waals surface area contributed by atoms with Gasteiger partial charge in [-0.15, -0.1) is 0 Å². The van der Waals surface area contributed by atoms with Crippen molar-refractivity contribution in [3.05, 3.63) is 48.3 Å². The van der Waals surface area contributed by atoms with Crippen LogP contribution in [0.25, 0.3) is 11.0 Å². The van der Waals surface area contributed by atoms with Gasteiger partial charge in [-0.05, 0) is 37.1 Å². The number of aromatic amines is 1. The number of hydrogen-bond donors (Lipinski definition) is 2. The van der Waals surface area contributed by atoms with E-state index in [2.05, 4.69) is 20.4 Å². The van der Waals surface area contributed by atoms with E-state index in [0.29, 0.717) is 24.9 Å². The Morgan fingerprint density at radius 2 is 2.33 bits per heavy atom. The van der Waals surface area contributed by atoms with Gasteiger partial charge in [-0.25, -0.2) is 9.37 Å². The Kier molecular flexibility index (Phi) is 4.88. The molecule has 0 spiro atoms. The van der Waals surface area contributed by atoms with Gasteiger partial charge in [0.25, 0.3) is 0 Å². The lowest BCUT2D eigenvalue weighted by molar-refractivity contribution is -0.124. The molecule has 0 saturated carbocycles. The molecule has 6 nitrogen and oxygen atoms in total. The van der Waals surface area contributed by atoms with Crippen LogP contribution in [-0.4, -0.2) is 32.2 Å². The molecule has 1 atom stereocenters. The highest BCUT2D eigenvalue weighted by atomic mass is 19.1. The topological polar surface area (TPSA) is 75.6 Å². The number of aromatic nitrogens is 4. The normalized spacial score (nSPS) is 12.4. The Morgan fingerprint density at radius 1 is 1.46 bits per heavy atom. The minimum atomic E-state index is -0.283. The molecule has 24 heavy (non-hydrogen) atoms. The van der Waals surface area contributed by atoms with E-state index in [-0.39, 0.29) is 17.8 Å². The van der Waals surface area contributed by atoms with Crippen molar-refractivity contribution < 1.29 is 9.18 Å².